The summed E-state index contributed by atoms with van der Waals surface area (Å²) >= 11 is 5.84. The van der Waals surface area contributed by atoms with Crippen LogP contribution in [0.2, 0.25) is 5.02 Å². The summed E-state index contributed by atoms with van der Waals surface area (Å²) < 4.78 is 18.8. The van der Waals surface area contributed by atoms with Crippen molar-refractivity contribution in [2.75, 3.05) is 6.54 Å². The summed E-state index contributed by atoms with van der Waals surface area (Å²) in [5, 5.41) is 5.23. The summed E-state index contributed by atoms with van der Waals surface area (Å²) in [6.45, 7) is 8.75. The van der Waals surface area contributed by atoms with Crippen molar-refractivity contribution in [1.29, 1.82) is 0 Å². The molecule has 2 N–H and O–H groups in total. The summed E-state index contributed by atoms with van der Waals surface area (Å²) in [5.74, 6) is -1.35. The van der Waals surface area contributed by atoms with Crippen LogP contribution in [-0.4, -0.2) is 29.7 Å². The highest BCUT2D eigenvalue weighted by Crippen LogP contribution is 2.18. The molecule has 0 unspecified atom stereocenters. The van der Waals surface area contributed by atoms with Gasteiger partial charge in [0.25, 0.3) is 5.91 Å². The molecule has 0 aliphatic heterocycles. The minimum Gasteiger partial charge on any atom is -0.444 e. The van der Waals surface area contributed by atoms with Gasteiger partial charge in [0.2, 0.25) is 0 Å². The topological polar surface area (TPSA) is 67.4 Å². The van der Waals surface area contributed by atoms with E-state index in [0.717, 1.165) is 6.07 Å². The average Bonchev–Trinajstić information content (AvgIpc) is 2.33. The Balaban J connectivity index is 2.65. The molecule has 0 heterocycles. The van der Waals surface area contributed by atoms with Crippen molar-refractivity contribution in [1.82, 2.24) is 10.6 Å². The van der Waals surface area contributed by atoms with Crippen LogP contribution in [0.3, 0.4) is 0 Å². The first kappa shape index (κ1) is 19.2. The van der Waals surface area contributed by atoms with Gasteiger partial charge in [0.05, 0.1) is 16.1 Å². The molecule has 1 aromatic rings. The molecular formula is C16H22ClFN2O3. The highest BCUT2D eigenvalue weighted by atomic mass is 35.5. The maximum Gasteiger partial charge on any atom is 0.408 e. The second-order valence-electron chi connectivity index (χ2n) is 6.79. The minimum atomic E-state index is -0.782. The van der Waals surface area contributed by atoms with Crippen molar-refractivity contribution in [3.8, 4) is 0 Å². The summed E-state index contributed by atoms with van der Waals surface area (Å²) in [4.78, 5) is 23.8. The average molecular weight is 345 g/mol. The molecule has 128 valence electrons. The Morgan fingerprint density at radius 3 is 2.35 bits per heavy atom. The summed E-state index contributed by atoms with van der Waals surface area (Å²) in [7, 11) is 0. The van der Waals surface area contributed by atoms with Gasteiger partial charge in [-0.1, -0.05) is 17.7 Å². The fraction of sp³-hybridized carbons (Fsp3) is 0.500. The Bertz CT molecular complexity index is 577. The fourth-order valence-electron chi connectivity index (χ4n) is 1.73. The van der Waals surface area contributed by atoms with E-state index in [1.54, 1.807) is 34.6 Å². The SMILES string of the molecule is CC(C)(CNC(=O)c1c(F)cccc1Cl)NC(=O)OC(C)(C)C. The van der Waals surface area contributed by atoms with Crippen LogP contribution in [0.15, 0.2) is 18.2 Å². The number of carbonyl (C=O) groups is 2. The molecule has 0 atom stereocenters. The standard InChI is InChI=1S/C16H22ClFN2O3/c1-15(2,3)23-14(22)20-16(4,5)9-19-13(21)12-10(17)7-6-8-11(12)18/h6-8H,9H2,1-5H3,(H,19,21)(H,20,22). The summed E-state index contributed by atoms with van der Waals surface area (Å²) in [6, 6.07) is 4.01. The van der Waals surface area contributed by atoms with Gasteiger partial charge in [-0.25, -0.2) is 9.18 Å². The third-order valence-electron chi connectivity index (χ3n) is 2.72. The lowest BCUT2D eigenvalue weighted by atomic mass is 10.1. The van der Waals surface area contributed by atoms with Gasteiger partial charge in [-0.2, -0.15) is 0 Å². The van der Waals surface area contributed by atoms with Gasteiger partial charge in [-0.05, 0) is 46.8 Å². The number of amides is 2. The molecule has 0 fully saturated rings. The third-order valence-corrected chi connectivity index (χ3v) is 3.04. The Hall–Kier alpha value is -1.82. The minimum absolute atomic E-state index is 0.0282. The lowest BCUT2D eigenvalue weighted by Gasteiger charge is -2.28. The van der Waals surface area contributed by atoms with Crippen LogP contribution < -0.4 is 10.6 Å². The first-order valence-corrected chi connectivity index (χ1v) is 7.52. The zero-order valence-electron chi connectivity index (χ0n) is 13.9. The van der Waals surface area contributed by atoms with Crippen molar-refractivity contribution < 1.29 is 18.7 Å². The van der Waals surface area contributed by atoms with Crippen molar-refractivity contribution in [2.45, 2.75) is 45.8 Å². The molecule has 0 aliphatic carbocycles. The molecule has 23 heavy (non-hydrogen) atoms. The third kappa shape index (κ3) is 6.44. The molecule has 0 aromatic heterocycles. The quantitative estimate of drug-likeness (QED) is 0.878. The van der Waals surface area contributed by atoms with Crippen molar-refractivity contribution >= 4 is 23.6 Å². The number of carbonyl (C=O) groups excluding carboxylic acids is 2. The van der Waals surface area contributed by atoms with E-state index in [2.05, 4.69) is 10.6 Å². The van der Waals surface area contributed by atoms with Crippen LogP contribution in [-0.2, 0) is 4.74 Å². The van der Waals surface area contributed by atoms with E-state index >= 15 is 0 Å². The monoisotopic (exact) mass is 344 g/mol. The van der Waals surface area contributed by atoms with Crippen LogP contribution in [0.4, 0.5) is 9.18 Å². The molecule has 0 aliphatic rings. The van der Waals surface area contributed by atoms with Gasteiger partial charge < -0.3 is 15.4 Å². The Labute approximate surface area is 140 Å². The van der Waals surface area contributed by atoms with Gasteiger partial charge in [0, 0.05) is 6.54 Å². The molecule has 2 amide bonds. The molecule has 0 saturated carbocycles. The normalized spacial score (nSPS) is 11.8. The molecule has 0 saturated heterocycles. The van der Waals surface area contributed by atoms with Gasteiger partial charge in [0.15, 0.2) is 0 Å². The molecule has 5 nitrogen and oxygen atoms in total. The van der Waals surface area contributed by atoms with Gasteiger partial charge >= 0.3 is 6.09 Å². The first-order valence-electron chi connectivity index (χ1n) is 7.15. The maximum absolute atomic E-state index is 13.7. The van der Waals surface area contributed by atoms with Gasteiger partial charge in [0.1, 0.15) is 11.4 Å². The van der Waals surface area contributed by atoms with Crippen LogP contribution >= 0.6 is 11.6 Å². The van der Waals surface area contributed by atoms with Crippen LogP contribution in [0, 0.1) is 5.82 Å². The van der Waals surface area contributed by atoms with Crippen molar-refractivity contribution in [3.63, 3.8) is 0 Å². The van der Waals surface area contributed by atoms with Crippen LogP contribution in [0.5, 0.6) is 0 Å². The number of hydrogen-bond acceptors (Lipinski definition) is 3. The smallest absolute Gasteiger partial charge is 0.408 e. The largest absolute Gasteiger partial charge is 0.444 e. The predicted molar refractivity (Wildman–Crippen MR) is 87.2 cm³/mol. The van der Waals surface area contributed by atoms with E-state index < -0.39 is 29.0 Å². The number of halogens is 2. The number of rotatable bonds is 4. The number of ether oxygens (including phenoxy) is 1. The van der Waals surface area contributed by atoms with Gasteiger partial charge in [-0.15, -0.1) is 0 Å². The lowest BCUT2D eigenvalue weighted by molar-refractivity contribution is 0.0469. The number of benzene rings is 1. The second-order valence-corrected chi connectivity index (χ2v) is 7.20. The fourth-order valence-corrected chi connectivity index (χ4v) is 1.98. The number of nitrogens with one attached hydrogen (secondary N) is 2. The number of hydrogen-bond donors (Lipinski definition) is 2. The van der Waals surface area contributed by atoms with Crippen molar-refractivity contribution in [2.24, 2.45) is 0 Å². The summed E-state index contributed by atoms with van der Waals surface area (Å²) in [5.41, 5.74) is -1.62. The van der Waals surface area contributed by atoms with E-state index in [0.29, 0.717) is 0 Å². The van der Waals surface area contributed by atoms with E-state index in [1.807, 2.05) is 0 Å². The first-order chi connectivity index (χ1) is 10.4. The lowest BCUT2D eigenvalue weighted by Crippen LogP contribution is -2.52. The second kappa shape index (κ2) is 7.17. The van der Waals surface area contributed by atoms with E-state index in [4.69, 9.17) is 16.3 Å². The highest BCUT2D eigenvalue weighted by molar-refractivity contribution is 6.33. The Kier molecular flexibility index (Phi) is 5.99. The molecule has 7 heteroatoms. The van der Waals surface area contributed by atoms with Gasteiger partial charge in [-0.3, -0.25) is 4.79 Å². The van der Waals surface area contributed by atoms with E-state index in [1.165, 1.54) is 12.1 Å². The maximum atomic E-state index is 13.7. The zero-order valence-corrected chi connectivity index (χ0v) is 14.7. The molecule has 1 rings (SSSR count). The van der Waals surface area contributed by atoms with Crippen molar-refractivity contribution in [3.05, 3.63) is 34.6 Å². The number of alkyl carbamates (subject to hydrolysis) is 1. The Morgan fingerprint density at radius 2 is 1.83 bits per heavy atom. The Morgan fingerprint density at radius 1 is 1.22 bits per heavy atom. The summed E-state index contributed by atoms with van der Waals surface area (Å²) in [6.07, 6.45) is -0.597. The van der Waals surface area contributed by atoms with E-state index in [-0.39, 0.29) is 17.1 Å². The molecular weight excluding hydrogens is 323 g/mol. The molecule has 0 radical (unpaired) electrons. The molecule has 1 aromatic carbocycles. The molecule has 0 bridgehead atoms. The predicted octanol–water partition coefficient (Wildman–Crippen LogP) is 3.51. The van der Waals surface area contributed by atoms with Crippen LogP contribution in [0.25, 0.3) is 0 Å². The zero-order chi connectivity index (χ0) is 17.8. The highest BCUT2D eigenvalue weighted by Gasteiger charge is 2.26. The van der Waals surface area contributed by atoms with E-state index in [9.17, 15) is 14.0 Å². The molecule has 0 spiro atoms. The van der Waals surface area contributed by atoms with Crippen LogP contribution in [0.1, 0.15) is 45.0 Å².